The van der Waals surface area contributed by atoms with Crippen molar-refractivity contribution in [1.29, 1.82) is 5.26 Å². The number of anilines is 2. The maximum Gasteiger partial charge on any atom is 0.123 e. The molecule has 6 rings (SSSR count). The zero-order valence-corrected chi connectivity index (χ0v) is 24.3. The molecule has 0 spiro atoms. The van der Waals surface area contributed by atoms with Gasteiger partial charge in [0.25, 0.3) is 0 Å². The van der Waals surface area contributed by atoms with Crippen LogP contribution in [-0.2, 0) is 0 Å². The number of aromatic nitrogens is 4. The highest BCUT2D eigenvalue weighted by Crippen LogP contribution is 2.41. The highest BCUT2D eigenvalue weighted by Gasteiger charge is 2.29. The van der Waals surface area contributed by atoms with E-state index in [0.29, 0.717) is 44.1 Å². The van der Waals surface area contributed by atoms with Gasteiger partial charge in [0.2, 0.25) is 0 Å². The second-order valence-corrected chi connectivity index (χ2v) is 12.1. The highest BCUT2D eigenvalue weighted by molar-refractivity contribution is 6.35. The van der Waals surface area contributed by atoms with Gasteiger partial charge in [0.1, 0.15) is 17.6 Å². The number of nitriles is 1. The summed E-state index contributed by atoms with van der Waals surface area (Å²) < 4.78 is 25.3. The van der Waals surface area contributed by atoms with E-state index in [2.05, 4.69) is 64.9 Å². The van der Waals surface area contributed by atoms with Crippen molar-refractivity contribution < 1.29 is 5.76 Å². The minimum absolute atomic E-state index is 0.145. The van der Waals surface area contributed by atoms with Crippen molar-refractivity contribution in [3.8, 4) is 6.07 Å². The Morgan fingerprint density at radius 1 is 1.07 bits per heavy atom. The molecular formula is C33H31ClFN7. The predicted octanol–water partition coefficient (Wildman–Crippen LogP) is 8.23. The lowest BCUT2D eigenvalue weighted by atomic mass is 9.82. The van der Waals surface area contributed by atoms with Crippen molar-refractivity contribution in [2.75, 3.05) is 10.6 Å². The first kappa shape index (κ1) is 26.4. The summed E-state index contributed by atoms with van der Waals surface area (Å²) in [6.07, 6.45) is 5.32. The Labute approximate surface area is 250 Å². The zero-order chi connectivity index (χ0) is 30.4. The van der Waals surface area contributed by atoms with Gasteiger partial charge in [-0.25, -0.2) is 9.07 Å². The second kappa shape index (κ2) is 11.1. The minimum atomic E-state index is -1.62. The van der Waals surface area contributed by atoms with Gasteiger partial charge >= 0.3 is 0 Å². The summed E-state index contributed by atoms with van der Waals surface area (Å²) in [6.45, 7) is 6.41. The fraction of sp³-hybridized carbons (Fsp3) is 0.273. The molecule has 0 bridgehead atoms. The van der Waals surface area contributed by atoms with Gasteiger partial charge in [-0.3, -0.25) is 4.98 Å². The predicted molar refractivity (Wildman–Crippen MR) is 164 cm³/mol. The van der Waals surface area contributed by atoms with E-state index in [1.807, 2.05) is 24.3 Å². The lowest BCUT2D eigenvalue weighted by Gasteiger charge is -2.33. The molecule has 212 valence electrons. The summed E-state index contributed by atoms with van der Waals surface area (Å²) in [7, 11) is 0. The molecule has 0 amide bonds. The van der Waals surface area contributed by atoms with Crippen LogP contribution in [0.25, 0.3) is 10.9 Å². The summed E-state index contributed by atoms with van der Waals surface area (Å²) in [5.74, 6) is -0.404. The van der Waals surface area contributed by atoms with Gasteiger partial charge in [-0.15, -0.1) is 5.10 Å². The Kier molecular flexibility index (Phi) is 6.96. The van der Waals surface area contributed by atoms with E-state index >= 15 is 0 Å². The molecule has 1 aliphatic carbocycles. The van der Waals surface area contributed by atoms with Crippen LogP contribution in [0.1, 0.15) is 75.5 Å². The summed E-state index contributed by atoms with van der Waals surface area (Å²) in [4.78, 5) is 4.51. The molecule has 0 radical (unpaired) electrons. The number of nitrogens with zero attached hydrogens (tertiary/aromatic N) is 5. The molecule has 3 aromatic carbocycles. The fourth-order valence-corrected chi connectivity index (χ4v) is 5.38. The first-order chi connectivity index (χ1) is 20.6. The SMILES string of the molecule is [2H]C(Nc1cc(Cl)c2ncc(C#N)c(NC(c3ccccc3)C(C)(C)C)c2c1)(c1ccc(F)cc1)c1cn(C2CC2)nn1. The van der Waals surface area contributed by atoms with Crippen LogP contribution in [0, 0.1) is 22.6 Å². The molecule has 2 aromatic heterocycles. The zero-order valence-electron chi connectivity index (χ0n) is 24.6. The second-order valence-electron chi connectivity index (χ2n) is 11.7. The largest absolute Gasteiger partial charge is 0.376 e. The Bertz CT molecular complexity index is 1830. The van der Waals surface area contributed by atoms with Crippen LogP contribution in [-0.4, -0.2) is 20.0 Å². The molecule has 1 saturated carbocycles. The van der Waals surface area contributed by atoms with Crippen molar-refractivity contribution in [3.05, 3.63) is 112 Å². The third kappa shape index (κ3) is 5.65. The first-order valence-corrected chi connectivity index (χ1v) is 14.2. The Hall–Kier alpha value is -4.48. The monoisotopic (exact) mass is 580 g/mol. The summed E-state index contributed by atoms with van der Waals surface area (Å²) in [6, 6.07) is 20.2. The average Bonchev–Trinajstić information content (AvgIpc) is 3.71. The number of fused-ring (bicyclic) bond motifs is 1. The number of rotatable bonds is 8. The number of benzene rings is 3. The molecule has 9 heteroatoms. The minimum Gasteiger partial charge on any atom is -0.376 e. The quantitative estimate of drug-likeness (QED) is 0.192. The van der Waals surface area contributed by atoms with Gasteiger partial charge in [0, 0.05) is 17.3 Å². The standard InChI is InChI=1S/C33H31ClFN7/c1-33(2,3)32(21-7-5-4-6-8-21)39-29-22(17-36)18-37-31-26(29)15-24(16-27(31)34)38-30(20-9-11-23(35)12-10-20)28-19-42(41-40-28)25-13-14-25/h4-12,15-16,18-19,25,30,32,38H,13-14H2,1-3H3,(H,37,39)/i30D. The van der Waals surface area contributed by atoms with Gasteiger partial charge in [0.05, 0.1) is 47.5 Å². The molecule has 2 heterocycles. The topological polar surface area (TPSA) is 91.5 Å². The molecule has 42 heavy (non-hydrogen) atoms. The van der Waals surface area contributed by atoms with Crippen LogP contribution in [0.15, 0.2) is 79.1 Å². The fourth-order valence-electron chi connectivity index (χ4n) is 5.12. The smallest absolute Gasteiger partial charge is 0.123 e. The number of nitrogens with one attached hydrogen (secondary N) is 2. The molecule has 1 aliphatic rings. The van der Waals surface area contributed by atoms with E-state index in [0.717, 1.165) is 18.4 Å². The third-order valence-electron chi connectivity index (χ3n) is 7.42. The van der Waals surface area contributed by atoms with Crippen molar-refractivity contribution in [2.45, 2.75) is 51.7 Å². The van der Waals surface area contributed by atoms with Gasteiger partial charge in [-0.05, 0) is 53.6 Å². The summed E-state index contributed by atoms with van der Waals surface area (Å²) in [5, 5.41) is 26.6. The molecule has 5 aromatic rings. The van der Waals surface area contributed by atoms with Crippen LogP contribution >= 0.6 is 11.6 Å². The first-order valence-electron chi connectivity index (χ1n) is 14.4. The highest BCUT2D eigenvalue weighted by atomic mass is 35.5. The van der Waals surface area contributed by atoms with E-state index in [4.69, 9.17) is 11.6 Å². The number of pyridine rings is 1. The van der Waals surface area contributed by atoms with Gasteiger partial charge in [-0.2, -0.15) is 5.26 Å². The Balaban J connectivity index is 1.48. The number of hydrogen-bond donors (Lipinski definition) is 2. The van der Waals surface area contributed by atoms with Crippen LogP contribution in [0.5, 0.6) is 0 Å². The molecule has 0 saturated heterocycles. The van der Waals surface area contributed by atoms with Crippen LogP contribution in [0.4, 0.5) is 15.8 Å². The van der Waals surface area contributed by atoms with Gasteiger partial charge < -0.3 is 10.6 Å². The van der Waals surface area contributed by atoms with E-state index in [1.54, 1.807) is 29.1 Å². The third-order valence-corrected chi connectivity index (χ3v) is 7.71. The van der Waals surface area contributed by atoms with Crippen LogP contribution in [0.3, 0.4) is 0 Å². The van der Waals surface area contributed by atoms with Crippen LogP contribution < -0.4 is 10.6 Å². The van der Waals surface area contributed by atoms with Crippen LogP contribution in [0.2, 0.25) is 5.02 Å². The normalized spacial score (nSPS) is 15.9. The maximum absolute atomic E-state index is 13.9. The van der Waals surface area contributed by atoms with Crippen molar-refractivity contribution in [2.24, 2.45) is 5.41 Å². The van der Waals surface area contributed by atoms with Gasteiger partial charge in [-0.1, -0.05) is 80.1 Å². The molecule has 2 atom stereocenters. The Morgan fingerprint density at radius 2 is 1.81 bits per heavy atom. The van der Waals surface area contributed by atoms with E-state index in [-0.39, 0.29) is 17.5 Å². The lowest BCUT2D eigenvalue weighted by Crippen LogP contribution is -2.26. The van der Waals surface area contributed by atoms with E-state index in [9.17, 15) is 11.0 Å². The average molecular weight is 581 g/mol. The molecule has 2 unspecified atom stereocenters. The molecule has 7 nitrogen and oxygen atoms in total. The lowest BCUT2D eigenvalue weighted by molar-refractivity contribution is 0.347. The van der Waals surface area contributed by atoms with E-state index in [1.165, 1.54) is 18.3 Å². The van der Waals surface area contributed by atoms with E-state index < -0.39 is 11.8 Å². The molecule has 0 aliphatic heterocycles. The van der Waals surface area contributed by atoms with Crippen molar-refractivity contribution in [3.63, 3.8) is 0 Å². The number of hydrogen-bond acceptors (Lipinski definition) is 6. The summed E-state index contributed by atoms with van der Waals surface area (Å²) in [5.41, 5.74) is 3.69. The van der Waals surface area contributed by atoms with Crippen molar-refractivity contribution in [1.82, 2.24) is 20.0 Å². The number of halogens is 2. The van der Waals surface area contributed by atoms with Gasteiger partial charge in [0.15, 0.2) is 0 Å². The Morgan fingerprint density at radius 3 is 2.48 bits per heavy atom. The van der Waals surface area contributed by atoms with Crippen molar-refractivity contribution >= 4 is 33.9 Å². The molecule has 1 fully saturated rings. The molecular weight excluding hydrogens is 549 g/mol. The molecule has 2 N–H and O–H groups in total. The summed E-state index contributed by atoms with van der Waals surface area (Å²) >= 11 is 6.81. The maximum atomic E-state index is 13.9.